The van der Waals surface area contributed by atoms with E-state index >= 15 is 0 Å². The zero-order chi connectivity index (χ0) is 13.2. The van der Waals surface area contributed by atoms with Crippen LogP contribution in [0.4, 0.5) is 10.5 Å². The minimum Gasteiger partial charge on any atom is -0.396 e. The van der Waals surface area contributed by atoms with Crippen molar-refractivity contribution in [2.75, 3.05) is 25.0 Å². The number of urea groups is 1. The van der Waals surface area contributed by atoms with Crippen LogP contribution in [0.2, 0.25) is 0 Å². The van der Waals surface area contributed by atoms with Gasteiger partial charge in [0.25, 0.3) is 0 Å². The maximum absolute atomic E-state index is 12.1. The fourth-order valence-electron chi connectivity index (χ4n) is 2.50. The molecule has 2 heterocycles. The molecule has 1 unspecified atom stereocenters. The Bertz CT molecular complexity index is 593. The number of carbonyl (C=O) groups is 1. The van der Waals surface area contributed by atoms with Crippen molar-refractivity contribution in [1.29, 1.82) is 0 Å². The predicted octanol–water partition coefficient (Wildman–Crippen LogP) is 2.01. The number of aliphatic hydroxyl groups is 1. The van der Waals surface area contributed by atoms with Gasteiger partial charge < -0.3 is 20.3 Å². The average Bonchev–Trinajstić information content (AvgIpc) is 3.06. The molecule has 1 fully saturated rings. The van der Waals surface area contributed by atoms with Gasteiger partial charge in [0.2, 0.25) is 0 Å². The minimum absolute atomic E-state index is 0.0918. The summed E-state index contributed by atoms with van der Waals surface area (Å²) in [6, 6.07) is 7.67. The highest BCUT2D eigenvalue weighted by Gasteiger charge is 2.25. The Morgan fingerprint density at radius 1 is 1.47 bits per heavy atom. The van der Waals surface area contributed by atoms with Crippen LogP contribution < -0.4 is 5.32 Å². The number of fused-ring (bicyclic) bond motifs is 1. The molecule has 0 saturated carbocycles. The van der Waals surface area contributed by atoms with Gasteiger partial charge in [-0.2, -0.15) is 0 Å². The second kappa shape index (κ2) is 4.93. The largest absolute Gasteiger partial charge is 0.396 e. The van der Waals surface area contributed by atoms with E-state index in [1.54, 1.807) is 4.90 Å². The van der Waals surface area contributed by atoms with E-state index < -0.39 is 0 Å². The van der Waals surface area contributed by atoms with Crippen LogP contribution in [0.3, 0.4) is 0 Å². The molecule has 1 aromatic heterocycles. The Hall–Kier alpha value is -2.01. The first kappa shape index (κ1) is 12.0. The lowest BCUT2D eigenvalue weighted by molar-refractivity contribution is 0.209. The summed E-state index contributed by atoms with van der Waals surface area (Å²) in [5.74, 6) is 0.220. The Morgan fingerprint density at radius 3 is 3.16 bits per heavy atom. The summed E-state index contributed by atoms with van der Waals surface area (Å²) in [7, 11) is 0. The molecule has 0 radical (unpaired) electrons. The van der Waals surface area contributed by atoms with Crippen LogP contribution in [-0.4, -0.2) is 40.7 Å². The van der Waals surface area contributed by atoms with E-state index in [0.717, 1.165) is 23.0 Å². The third-order valence-electron chi connectivity index (χ3n) is 3.64. The van der Waals surface area contributed by atoms with Gasteiger partial charge >= 0.3 is 6.03 Å². The van der Waals surface area contributed by atoms with Gasteiger partial charge in [0.1, 0.15) is 0 Å². The second-order valence-electron chi connectivity index (χ2n) is 4.99. The number of aromatic amines is 1. The first-order valence-electron chi connectivity index (χ1n) is 6.50. The molecule has 5 nitrogen and oxygen atoms in total. The minimum atomic E-state index is -0.0918. The van der Waals surface area contributed by atoms with Crippen molar-refractivity contribution in [3.63, 3.8) is 0 Å². The number of nitrogens with zero attached hydrogens (tertiary/aromatic N) is 1. The summed E-state index contributed by atoms with van der Waals surface area (Å²) >= 11 is 0. The number of H-pyrrole nitrogens is 1. The zero-order valence-corrected chi connectivity index (χ0v) is 10.6. The fraction of sp³-hybridized carbons (Fsp3) is 0.357. The Labute approximate surface area is 111 Å². The van der Waals surface area contributed by atoms with Crippen LogP contribution in [0.25, 0.3) is 10.9 Å². The number of aliphatic hydroxyl groups excluding tert-OH is 1. The molecule has 0 bridgehead atoms. The van der Waals surface area contributed by atoms with Gasteiger partial charge in [0.05, 0.1) is 0 Å². The number of benzene rings is 1. The maximum atomic E-state index is 12.1. The molecule has 1 aliphatic rings. The summed E-state index contributed by atoms with van der Waals surface area (Å²) in [5, 5.41) is 13.1. The zero-order valence-electron chi connectivity index (χ0n) is 10.6. The maximum Gasteiger partial charge on any atom is 0.321 e. The number of likely N-dealkylation sites (tertiary alicyclic amines) is 1. The van der Waals surface area contributed by atoms with Crippen molar-refractivity contribution < 1.29 is 9.90 Å². The molecule has 3 N–H and O–H groups in total. The number of rotatable bonds is 2. The molecule has 1 aromatic carbocycles. The molecule has 1 aliphatic heterocycles. The van der Waals surface area contributed by atoms with Crippen LogP contribution in [0.15, 0.2) is 30.5 Å². The van der Waals surface area contributed by atoms with E-state index in [2.05, 4.69) is 10.3 Å². The van der Waals surface area contributed by atoms with Gasteiger partial charge in [-0.1, -0.05) is 0 Å². The quantitative estimate of drug-likeness (QED) is 0.772. The van der Waals surface area contributed by atoms with Gasteiger partial charge in [0.15, 0.2) is 0 Å². The van der Waals surface area contributed by atoms with Gasteiger partial charge in [-0.05, 0) is 30.7 Å². The lowest BCUT2D eigenvalue weighted by Gasteiger charge is -2.17. The summed E-state index contributed by atoms with van der Waals surface area (Å²) in [6.07, 6.45) is 2.75. The monoisotopic (exact) mass is 259 g/mol. The lowest BCUT2D eigenvalue weighted by Crippen LogP contribution is -2.33. The van der Waals surface area contributed by atoms with E-state index in [9.17, 15) is 4.79 Å². The smallest absolute Gasteiger partial charge is 0.321 e. The van der Waals surface area contributed by atoms with Crippen LogP contribution in [-0.2, 0) is 0 Å². The standard InChI is InChI=1S/C14H17N3O2/c18-9-10-4-6-17(8-10)14(19)16-12-1-2-13-11(7-12)3-5-15-13/h1-3,5,7,10,15,18H,4,6,8-9H2,(H,16,19). The molecular weight excluding hydrogens is 242 g/mol. The molecular formula is C14H17N3O2. The lowest BCUT2D eigenvalue weighted by atomic mass is 10.1. The number of aromatic nitrogens is 1. The molecule has 5 heteroatoms. The molecule has 19 heavy (non-hydrogen) atoms. The van der Waals surface area contributed by atoms with Crippen molar-refractivity contribution >= 4 is 22.6 Å². The predicted molar refractivity (Wildman–Crippen MR) is 74.1 cm³/mol. The van der Waals surface area contributed by atoms with E-state index in [4.69, 9.17) is 5.11 Å². The Kier molecular flexibility index (Phi) is 3.13. The normalized spacial score (nSPS) is 19.0. The van der Waals surface area contributed by atoms with Gasteiger partial charge in [0, 0.05) is 48.4 Å². The summed E-state index contributed by atoms with van der Waals surface area (Å²) in [5.41, 5.74) is 1.85. The van der Waals surface area contributed by atoms with E-state index in [1.165, 1.54) is 0 Å². The highest BCUT2D eigenvalue weighted by Crippen LogP contribution is 2.20. The van der Waals surface area contributed by atoms with Crippen molar-refractivity contribution in [1.82, 2.24) is 9.88 Å². The van der Waals surface area contributed by atoms with Gasteiger partial charge in [-0.3, -0.25) is 0 Å². The molecule has 1 atom stereocenters. The molecule has 100 valence electrons. The summed E-state index contributed by atoms with van der Waals surface area (Å²) in [6.45, 7) is 1.50. The molecule has 0 aliphatic carbocycles. The van der Waals surface area contributed by atoms with Crippen molar-refractivity contribution in [3.05, 3.63) is 30.5 Å². The third-order valence-corrected chi connectivity index (χ3v) is 3.64. The van der Waals surface area contributed by atoms with Crippen molar-refractivity contribution in [3.8, 4) is 0 Å². The van der Waals surface area contributed by atoms with Crippen LogP contribution >= 0.6 is 0 Å². The SMILES string of the molecule is O=C(Nc1ccc2[nH]ccc2c1)N1CCC(CO)C1. The molecule has 2 aromatic rings. The summed E-state index contributed by atoms with van der Waals surface area (Å²) < 4.78 is 0. The topological polar surface area (TPSA) is 68.4 Å². The van der Waals surface area contributed by atoms with Crippen LogP contribution in [0, 0.1) is 5.92 Å². The van der Waals surface area contributed by atoms with Gasteiger partial charge in [-0.25, -0.2) is 4.79 Å². The Balaban J connectivity index is 1.68. The average molecular weight is 259 g/mol. The number of hydrogen-bond donors (Lipinski definition) is 3. The molecule has 3 rings (SSSR count). The van der Waals surface area contributed by atoms with Crippen molar-refractivity contribution in [2.45, 2.75) is 6.42 Å². The number of nitrogens with one attached hydrogen (secondary N) is 2. The van der Waals surface area contributed by atoms with E-state index in [-0.39, 0.29) is 18.6 Å². The van der Waals surface area contributed by atoms with Crippen molar-refractivity contribution in [2.24, 2.45) is 5.92 Å². The van der Waals surface area contributed by atoms with E-state index in [0.29, 0.717) is 13.1 Å². The fourth-order valence-corrected chi connectivity index (χ4v) is 2.50. The third kappa shape index (κ3) is 2.42. The highest BCUT2D eigenvalue weighted by atomic mass is 16.3. The number of amides is 2. The first-order chi connectivity index (χ1) is 9.26. The molecule has 1 saturated heterocycles. The highest BCUT2D eigenvalue weighted by molar-refractivity contribution is 5.92. The van der Waals surface area contributed by atoms with Crippen LogP contribution in [0.1, 0.15) is 6.42 Å². The molecule has 2 amide bonds. The first-order valence-corrected chi connectivity index (χ1v) is 6.50. The van der Waals surface area contributed by atoms with E-state index in [1.807, 2.05) is 30.5 Å². The number of hydrogen-bond acceptors (Lipinski definition) is 2. The second-order valence-corrected chi connectivity index (χ2v) is 4.99. The number of carbonyl (C=O) groups excluding carboxylic acids is 1. The van der Waals surface area contributed by atoms with Crippen LogP contribution in [0.5, 0.6) is 0 Å². The Morgan fingerprint density at radius 2 is 2.37 bits per heavy atom. The van der Waals surface area contributed by atoms with Gasteiger partial charge in [-0.15, -0.1) is 0 Å². The number of anilines is 1. The summed E-state index contributed by atoms with van der Waals surface area (Å²) in [4.78, 5) is 16.9. The molecule has 0 spiro atoms.